The molecule has 1 heterocycles. The van der Waals surface area contributed by atoms with E-state index >= 15 is 0 Å². The van der Waals surface area contributed by atoms with Gasteiger partial charge in [-0.2, -0.15) is 0 Å². The van der Waals surface area contributed by atoms with Gasteiger partial charge in [0, 0.05) is 12.4 Å². The van der Waals surface area contributed by atoms with Crippen molar-refractivity contribution >= 4 is 5.97 Å². The van der Waals surface area contributed by atoms with E-state index in [0.29, 0.717) is 12.8 Å². The Bertz CT molecular complexity index is 647. The van der Waals surface area contributed by atoms with Crippen LogP contribution in [0.15, 0.2) is 41.5 Å². The van der Waals surface area contributed by atoms with E-state index in [1.165, 1.54) is 4.57 Å². The van der Waals surface area contributed by atoms with Crippen LogP contribution in [0.25, 0.3) is 5.69 Å². The molecule has 0 amide bonds. The minimum atomic E-state index is -0.769. The molecular weight excluding hydrogens is 232 g/mol. The SMILES string of the molecule is O=C(O)C1(c2ccc(-n3cc[nH]c3=O)cc2)CC1. The Labute approximate surface area is 103 Å². The first kappa shape index (κ1) is 10.8. The summed E-state index contributed by atoms with van der Waals surface area (Å²) >= 11 is 0. The van der Waals surface area contributed by atoms with Gasteiger partial charge >= 0.3 is 11.7 Å². The average molecular weight is 244 g/mol. The van der Waals surface area contributed by atoms with Gasteiger partial charge in [-0.15, -0.1) is 0 Å². The molecule has 92 valence electrons. The summed E-state index contributed by atoms with van der Waals surface area (Å²) in [5.41, 5.74) is 0.636. The van der Waals surface area contributed by atoms with Gasteiger partial charge in [-0.1, -0.05) is 12.1 Å². The summed E-state index contributed by atoms with van der Waals surface area (Å²) in [4.78, 5) is 25.2. The first-order valence-corrected chi connectivity index (χ1v) is 5.74. The van der Waals surface area contributed by atoms with Crippen molar-refractivity contribution in [1.82, 2.24) is 9.55 Å². The Morgan fingerprint density at radius 2 is 1.94 bits per heavy atom. The molecule has 1 aromatic carbocycles. The second-order valence-electron chi connectivity index (χ2n) is 4.57. The monoisotopic (exact) mass is 244 g/mol. The molecule has 1 aliphatic carbocycles. The summed E-state index contributed by atoms with van der Waals surface area (Å²) in [6.07, 6.45) is 4.58. The Hall–Kier alpha value is -2.30. The number of nitrogens with zero attached hydrogens (tertiary/aromatic N) is 1. The second kappa shape index (κ2) is 3.60. The van der Waals surface area contributed by atoms with Crippen LogP contribution in [0, 0.1) is 0 Å². The third-order valence-electron chi connectivity index (χ3n) is 3.51. The van der Waals surface area contributed by atoms with Gasteiger partial charge in [-0.05, 0) is 30.5 Å². The predicted octanol–water partition coefficient (Wildman–Crippen LogP) is 1.28. The first-order valence-electron chi connectivity index (χ1n) is 5.74. The number of imidazole rings is 1. The van der Waals surface area contributed by atoms with E-state index in [-0.39, 0.29) is 5.69 Å². The number of hydrogen-bond donors (Lipinski definition) is 2. The van der Waals surface area contributed by atoms with Crippen molar-refractivity contribution in [2.75, 3.05) is 0 Å². The van der Waals surface area contributed by atoms with Crippen LogP contribution in [0.3, 0.4) is 0 Å². The maximum Gasteiger partial charge on any atom is 0.330 e. The van der Waals surface area contributed by atoms with Gasteiger partial charge in [0.05, 0.1) is 11.1 Å². The zero-order valence-corrected chi connectivity index (χ0v) is 9.59. The second-order valence-corrected chi connectivity index (χ2v) is 4.57. The highest BCUT2D eigenvalue weighted by molar-refractivity contribution is 5.84. The van der Waals surface area contributed by atoms with Gasteiger partial charge in [0.25, 0.3) is 0 Å². The van der Waals surface area contributed by atoms with Crippen LogP contribution < -0.4 is 5.69 Å². The van der Waals surface area contributed by atoms with E-state index in [4.69, 9.17) is 0 Å². The predicted molar refractivity (Wildman–Crippen MR) is 64.9 cm³/mol. The molecule has 2 aromatic rings. The minimum absolute atomic E-state index is 0.206. The van der Waals surface area contributed by atoms with Crippen molar-refractivity contribution in [3.05, 3.63) is 52.7 Å². The van der Waals surface area contributed by atoms with E-state index in [9.17, 15) is 14.7 Å². The van der Waals surface area contributed by atoms with Crippen LogP contribution in [-0.4, -0.2) is 20.6 Å². The van der Waals surface area contributed by atoms with Gasteiger partial charge < -0.3 is 10.1 Å². The molecule has 2 N–H and O–H groups in total. The van der Waals surface area contributed by atoms with Crippen molar-refractivity contribution in [2.45, 2.75) is 18.3 Å². The third-order valence-corrected chi connectivity index (χ3v) is 3.51. The highest BCUT2D eigenvalue weighted by atomic mass is 16.4. The van der Waals surface area contributed by atoms with Crippen molar-refractivity contribution < 1.29 is 9.90 Å². The standard InChI is InChI=1S/C13H12N2O3/c16-11(17)13(5-6-13)9-1-3-10(4-2-9)15-8-7-14-12(15)18/h1-4,7-8H,5-6H2,(H,14,18)(H,16,17). The maximum absolute atomic E-state index is 11.4. The number of nitrogens with one attached hydrogen (secondary N) is 1. The van der Waals surface area contributed by atoms with Crippen molar-refractivity contribution in [1.29, 1.82) is 0 Å². The number of rotatable bonds is 3. The van der Waals surface area contributed by atoms with Gasteiger partial charge in [-0.25, -0.2) is 4.79 Å². The fraction of sp³-hybridized carbons (Fsp3) is 0.231. The van der Waals surface area contributed by atoms with Gasteiger partial charge in [0.2, 0.25) is 0 Å². The Morgan fingerprint density at radius 3 is 2.39 bits per heavy atom. The molecule has 1 saturated carbocycles. The Morgan fingerprint density at radius 1 is 1.28 bits per heavy atom. The molecule has 0 aliphatic heterocycles. The van der Waals surface area contributed by atoms with Crippen LogP contribution in [0.2, 0.25) is 0 Å². The van der Waals surface area contributed by atoms with Crippen LogP contribution in [0.5, 0.6) is 0 Å². The summed E-state index contributed by atoms with van der Waals surface area (Å²) in [6, 6.07) is 7.12. The van der Waals surface area contributed by atoms with Crippen molar-refractivity contribution in [2.24, 2.45) is 0 Å². The zero-order valence-electron chi connectivity index (χ0n) is 9.59. The molecule has 3 rings (SSSR count). The lowest BCUT2D eigenvalue weighted by molar-refractivity contribution is -0.140. The van der Waals surface area contributed by atoms with Gasteiger partial charge in [-0.3, -0.25) is 9.36 Å². The van der Waals surface area contributed by atoms with Crippen molar-refractivity contribution in [3.63, 3.8) is 0 Å². The number of aromatic nitrogens is 2. The molecule has 0 atom stereocenters. The molecule has 1 fully saturated rings. The van der Waals surface area contributed by atoms with Crippen LogP contribution in [0.1, 0.15) is 18.4 Å². The molecule has 0 radical (unpaired) electrons. The topological polar surface area (TPSA) is 75.1 Å². The van der Waals surface area contributed by atoms with Crippen molar-refractivity contribution in [3.8, 4) is 5.69 Å². The number of H-pyrrole nitrogens is 1. The zero-order chi connectivity index (χ0) is 12.8. The highest BCUT2D eigenvalue weighted by Gasteiger charge is 2.51. The molecule has 0 saturated heterocycles. The Balaban J connectivity index is 1.98. The van der Waals surface area contributed by atoms with Gasteiger partial charge in [0.15, 0.2) is 0 Å². The maximum atomic E-state index is 11.4. The molecular formula is C13H12N2O3. The summed E-state index contributed by atoms with van der Waals surface area (Å²) in [7, 11) is 0. The lowest BCUT2D eigenvalue weighted by Crippen LogP contribution is -2.19. The summed E-state index contributed by atoms with van der Waals surface area (Å²) in [5, 5.41) is 9.19. The molecule has 0 spiro atoms. The smallest absolute Gasteiger partial charge is 0.330 e. The van der Waals surface area contributed by atoms with E-state index in [0.717, 1.165) is 11.3 Å². The number of carboxylic acid groups (broad SMARTS) is 1. The first-order chi connectivity index (χ1) is 8.63. The van der Waals surface area contributed by atoms with E-state index < -0.39 is 11.4 Å². The lowest BCUT2D eigenvalue weighted by Gasteiger charge is -2.10. The van der Waals surface area contributed by atoms with E-state index in [2.05, 4.69) is 4.98 Å². The number of benzene rings is 1. The summed E-state index contributed by atoms with van der Waals surface area (Å²) in [6.45, 7) is 0. The minimum Gasteiger partial charge on any atom is -0.481 e. The third kappa shape index (κ3) is 1.48. The molecule has 5 heteroatoms. The van der Waals surface area contributed by atoms with Crippen LogP contribution in [0.4, 0.5) is 0 Å². The number of carbonyl (C=O) groups is 1. The largest absolute Gasteiger partial charge is 0.481 e. The quantitative estimate of drug-likeness (QED) is 0.854. The number of carboxylic acids is 1. The molecule has 5 nitrogen and oxygen atoms in total. The molecule has 0 unspecified atom stereocenters. The lowest BCUT2D eigenvalue weighted by atomic mass is 9.96. The number of aliphatic carboxylic acids is 1. The fourth-order valence-corrected chi connectivity index (χ4v) is 2.22. The average Bonchev–Trinajstić information content (AvgIpc) is 3.08. The molecule has 0 bridgehead atoms. The highest BCUT2D eigenvalue weighted by Crippen LogP contribution is 2.48. The normalized spacial score (nSPS) is 16.4. The fourth-order valence-electron chi connectivity index (χ4n) is 2.22. The molecule has 1 aliphatic rings. The Kier molecular flexibility index (Phi) is 2.16. The number of hydrogen-bond acceptors (Lipinski definition) is 2. The van der Waals surface area contributed by atoms with Crippen LogP contribution >= 0.6 is 0 Å². The summed E-state index contributed by atoms with van der Waals surface area (Å²) < 4.78 is 1.48. The van der Waals surface area contributed by atoms with Crippen LogP contribution in [-0.2, 0) is 10.2 Å². The number of aromatic amines is 1. The van der Waals surface area contributed by atoms with Gasteiger partial charge in [0.1, 0.15) is 0 Å². The molecule has 18 heavy (non-hydrogen) atoms. The van der Waals surface area contributed by atoms with E-state index in [1.807, 2.05) is 0 Å². The molecule has 1 aromatic heterocycles. The van der Waals surface area contributed by atoms with E-state index in [1.54, 1.807) is 36.7 Å². The summed E-state index contributed by atoms with van der Waals surface area (Å²) in [5.74, 6) is -0.769.